The number of amides is 2. The number of anilines is 1. The molecule has 2 aromatic carbocycles. The predicted octanol–water partition coefficient (Wildman–Crippen LogP) is 4.87. The highest BCUT2D eigenvalue weighted by Crippen LogP contribution is 2.17. The first-order valence-corrected chi connectivity index (χ1v) is 13.9. The Morgan fingerprint density at radius 1 is 1.00 bits per heavy atom. The minimum Gasteiger partial charge on any atom is -0.465 e. The Hall–Kier alpha value is -5.01. The molecule has 0 saturated carbocycles. The average molecular weight is 556 g/mol. The molecule has 0 unspecified atom stereocenters. The Morgan fingerprint density at radius 3 is 2.50 bits per heavy atom. The van der Waals surface area contributed by atoms with Crippen LogP contribution in [0.2, 0.25) is 0 Å². The molecule has 0 spiro atoms. The zero-order valence-corrected chi connectivity index (χ0v) is 22.6. The molecule has 0 radical (unpaired) electrons. The molecule has 1 atom stereocenters. The molecular formula is C30H25N3O6S. The van der Waals surface area contributed by atoms with E-state index in [9.17, 15) is 18.6 Å². The van der Waals surface area contributed by atoms with Crippen LogP contribution in [0.4, 0.5) is 5.69 Å². The summed E-state index contributed by atoms with van der Waals surface area (Å²) in [5.74, 6) is 3.69. The smallest absolute Gasteiger partial charge is 0.319 e. The van der Waals surface area contributed by atoms with Crippen molar-refractivity contribution in [2.75, 3.05) is 17.7 Å². The number of rotatable bonds is 7. The van der Waals surface area contributed by atoms with Crippen LogP contribution >= 0.6 is 0 Å². The Kier molecular flexibility index (Phi) is 8.89. The highest BCUT2D eigenvalue weighted by atomic mass is 32.2. The number of hydrogen-bond acceptors (Lipinski definition) is 7. The summed E-state index contributed by atoms with van der Waals surface area (Å²) in [5, 5.41) is 2.77. The largest absolute Gasteiger partial charge is 0.465 e. The fourth-order valence-corrected chi connectivity index (χ4v) is 5.28. The number of pyridine rings is 1. The summed E-state index contributed by atoms with van der Waals surface area (Å²) in [4.78, 5) is 41.9. The van der Waals surface area contributed by atoms with Gasteiger partial charge in [0.15, 0.2) is 5.76 Å². The molecule has 9 nitrogen and oxygen atoms in total. The fraction of sp³-hybridized carbons (Fsp3) is 0.133. The topological polar surface area (TPSA) is 128 Å². The Labute approximate surface area is 231 Å². The molecule has 202 valence electrons. The summed E-state index contributed by atoms with van der Waals surface area (Å²) < 4.78 is 27.8. The van der Waals surface area contributed by atoms with Crippen molar-refractivity contribution in [3.05, 3.63) is 113 Å². The van der Waals surface area contributed by atoms with Crippen LogP contribution in [0.5, 0.6) is 0 Å². The Balaban J connectivity index is 1.56. The highest BCUT2D eigenvalue weighted by molar-refractivity contribution is 7.94. The molecule has 0 aliphatic rings. The molecule has 4 rings (SSSR count). The maximum absolute atomic E-state index is 13.7. The van der Waals surface area contributed by atoms with Gasteiger partial charge in [-0.1, -0.05) is 36.1 Å². The van der Waals surface area contributed by atoms with Gasteiger partial charge in [-0.05, 0) is 56.3 Å². The Morgan fingerprint density at radius 2 is 1.77 bits per heavy atom. The lowest BCUT2D eigenvalue weighted by molar-refractivity contribution is -0.139. The lowest BCUT2D eigenvalue weighted by Gasteiger charge is -2.09. The quantitative estimate of drug-likeness (QED) is 0.255. The molecular weight excluding hydrogens is 530 g/mol. The first-order valence-electron chi connectivity index (χ1n) is 12.2. The minimum absolute atomic E-state index is 0.0640. The van der Waals surface area contributed by atoms with Crippen LogP contribution in [0.15, 0.2) is 99.1 Å². The second-order valence-corrected chi connectivity index (χ2v) is 10.7. The highest BCUT2D eigenvalue weighted by Gasteiger charge is 2.21. The third-order valence-electron chi connectivity index (χ3n) is 5.49. The van der Waals surface area contributed by atoms with Crippen LogP contribution in [0.3, 0.4) is 0 Å². The van der Waals surface area contributed by atoms with E-state index >= 15 is 0 Å². The number of aromatic nitrogens is 1. The van der Waals surface area contributed by atoms with E-state index in [0.29, 0.717) is 16.8 Å². The summed E-state index contributed by atoms with van der Waals surface area (Å²) in [6.07, 6.45) is 4.22. The third kappa shape index (κ3) is 7.09. The van der Waals surface area contributed by atoms with Crippen molar-refractivity contribution in [3.63, 3.8) is 0 Å². The number of esters is 1. The average Bonchev–Trinajstić information content (AvgIpc) is 3.39. The molecule has 1 N–H and O–H groups in total. The number of nitrogens with zero attached hydrogens (tertiary/aromatic N) is 2. The lowest BCUT2D eigenvalue weighted by Crippen LogP contribution is -2.20. The number of benzene rings is 2. The van der Waals surface area contributed by atoms with Gasteiger partial charge in [0.25, 0.3) is 11.8 Å². The van der Waals surface area contributed by atoms with Crippen molar-refractivity contribution in [2.24, 2.45) is 4.36 Å². The monoisotopic (exact) mass is 555 g/mol. The maximum atomic E-state index is 13.7. The normalized spacial score (nSPS) is 11.8. The van der Waals surface area contributed by atoms with E-state index in [1.807, 2.05) is 0 Å². The molecule has 4 aromatic rings. The van der Waals surface area contributed by atoms with E-state index in [1.165, 1.54) is 24.7 Å². The first-order chi connectivity index (χ1) is 19.3. The van der Waals surface area contributed by atoms with Crippen LogP contribution in [-0.2, 0) is 19.3 Å². The molecule has 0 bridgehead atoms. The standard InChI is InChI=1S/C30H25N3O6S/c1-3-38-27(34)20-40(37,26-10-5-4-6-11-26)33-29(35)24-16-23(18-31-19-24)13-12-22-8-7-9-25(17-22)32-30(36)28-21(2)14-15-39-28/h4-11,14-19H,3,20H2,1-2H3,(H,32,36)/t40-/m0/s1. The number of aryl methyl sites for hydroxylation is 1. The van der Waals surface area contributed by atoms with Crippen LogP contribution in [0, 0.1) is 18.8 Å². The maximum Gasteiger partial charge on any atom is 0.319 e. The van der Waals surface area contributed by atoms with E-state index in [0.717, 1.165) is 5.56 Å². The van der Waals surface area contributed by atoms with E-state index < -0.39 is 27.4 Å². The van der Waals surface area contributed by atoms with Crippen molar-refractivity contribution < 1.29 is 27.7 Å². The molecule has 0 fully saturated rings. The summed E-state index contributed by atoms with van der Waals surface area (Å²) in [7, 11) is -3.44. The second-order valence-electron chi connectivity index (χ2n) is 8.48. The third-order valence-corrected chi connectivity index (χ3v) is 7.58. The Bertz CT molecular complexity index is 1740. The molecule has 2 amide bonds. The van der Waals surface area contributed by atoms with E-state index in [4.69, 9.17) is 9.15 Å². The molecule has 2 aromatic heterocycles. The van der Waals surface area contributed by atoms with Crippen molar-refractivity contribution in [2.45, 2.75) is 18.7 Å². The molecule has 0 aliphatic heterocycles. The molecule has 0 aliphatic carbocycles. The fourth-order valence-electron chi connectivity index (χ4n) is 3.59. The van der Waals surface area contributed by atoms with Gasteiger partial charge in [0, 0.05) is 39.7 Å². The van der Waals surface area contributed by atoms with Gasteiger partial charge >= 0.3 is 5.97 Å². The van der Waals surface area contributed by atoms with Crippen LogP contribution in [0.25, 0.3) is 0 Å². The number of hydrogen-bond donors (Lipinski definition) is 1. The van der Waals surface area contributed by atoms with Gasteiger partial charge in [-0.15, -0.1) is 0 Å². The molecule has 0 saturated heterocycles. The van der Waals surface area contributed by atoms with Crippen molar-refractivity contribution in [1.29, 1.82) is 0 Å². The van der Waals surface area contributed by atoms with Crippen molar-refractivity contribution in [1.82, 2.24) is 4.98 Å². The predicted molar refractivity (Wildman–Crippen MR) is 149 cm³/mol. The van der Waals surface area contributed by atoms with E-state index in [1.54, 1.807) is 74.5 Å². The van der Waals surface area contributed by atoms with Crippen LogP contribution in [0.1, 0.15) is 44.5 Å². The number of furan rings is 1. The van der Waals surface area contributed by atoms with Crippen molar-refractivity contribution in [3.8, 4) is 11.8 Å². The van der Waals surface area contributed by atoms with E-state index in [2.05, 4.69) is 26.5 Å². The van der Waals surface area contributed by atoms with Gasteiger partial charge in [0.1, 0.15) is 5.75 Å². The van der Waals surface area contributed by atoms with Crippen LogP contribution < -0.4 is 5.32 Å². The number of carbonyl (C=O) groups is 3. The number of carbonyl (C=O) groups excluding carboxylic acids is 3. The zero-order chi connectivity index (χ0) is 28.5. The summed E-state index contributed by atoms with van der Waals surface area (Å²) in [6, 6.07) is 18.2. The number of nitrogens with one attached hydrogen (secondary N) is 1. The minimum atomic E-state index is -3.44. The molecule has 40 heavy (non-hydrogen) atoms. The van der Waals surface area contributed by atoms with Gasteiger partial charge in [-0.25, -0.2) is 4.21 Å². The second kappa shape index (κ2) is 12.7. The van der Waals surface area contributed by atoms with Gasteiger partial charge in [-0.2, -0.15) is 4.36 Å². The summed E-state index contributed by atoms with van der Waals surface area (Å²) >= 11 is 0. The van der Waals surface area contributed by atoms with Gasteiger partial charge < -0.3 is 14.5 Å². The molecule has 2 heterocycles. The van der Waals surface area contributed by atoms with Gasteiger partial charge in [-0.3, -0.25) is 19.4 Å². The van der Waals surface area contributed by atoms with Gasteiger partial charge in [0.05, 0.1) is 28.2 Å². The van der Waals surface area contributed by atoms with E-state index in [-0.39, 0.29) is 28.7 Å². The lowest BCUT2D eigenvalue weighted by atomic mass is 10.1. The SMILES string of the molecule is CCOC(=O)C[S@@](=O)(=NC(=O)c1cncc(C#Cc2cccc(NC(=O)c3occc3C)c2)c1)c1ccccc1. The first kappa shape index (κ1) is 28.0. The zero-order valence-electron chi connectivity index (χ0n) is 21.7. The number of ether oxygens (including phenoxy) is 1. The summed E-state index contributed by atoms with van der Waals surface area (Å²) in [5.41, 5.74) is 2.35. The molecule has 10 heteroatoms. The van der Waals surface area contributed by atoms with Crippen molar-refractivity contribution >= 4 is 33.2 Å². The summed E-state index contributed by atoms with van der Waals surface area (Å²) in [6.45, 7) is 3.53. The van der Waals surface area contributed by atoms with Gasteiger partial charge in [0.2, 0.25) is 0 Å². The van der Waals surface area contributed by atoms with Crippen LogP contribution in [-0.4, -0.2) is 39.3 Å².